The maximum absolute atomic E-state index is 6.61. The fourth-order valence-electron chi connectivity index (χ4n) is 7.00. The molecule has 4 aromatic heterocycles. The van der Waals surface area contributed by atoms with Gasteiger partial charge in [0.1, 0.15) is 23.0 Å². The summed E-state index contributed by atoms with van der Waals surface area (Å²) in [5, 5.41) is 6.82. The van der Waals surface area contributed by atoms with Gasteiger partial charge in [0, 0.05) is 58.1 Å². The van der Waals surface area contributed by atoms with E-state index in [4.69, 9.17) is 19.4 Å². The number of nitrogens with zero attached hydrogens (tertiary/aromatic N) is 5. The lowest BCUT2D eigenvalue weighted by Gasteiger charge is -2.24. The average molecular weight is 683 g/mol. The highest BCUT2D eigenvalue weighted by Crippen LogP contribution is 2.38. The molecule has 7 heteroatoms. The first kappa shape index (κ1) is 30.6. The number of hydrogen-bond donors (Lipinski definition) is 1. The van der Waals surface area contributed by atoms with Crippen molar-refractivity contribution in [1.29, 1.82) is 0 Å². The van der Waals surface area contributed by atoms with Gasteiger partial charge < -0.3 is 9.73 Å². The molecular weight excluding hydrogens is 653 g/mol. The minimum atomic E-state index is -0.328. The first-order chi connectivity index (χ1) is 26.2. The number of nitrogens with one attached hydrogen (secondary N) is 1. The van der Waals surface area contributed by atoms with E-state index in [1.54, 1.807) is 12.4 Å². The molecule has 5 aromatic carbocycles. The zero-order valence-corrected chi connectivity index (χ0v) is 28.4. The summed E-state index contributed by atoms with van der Waals surface area (Å²) in [6, 6.07) is 47.7. The summed E-state index contributed by atoms with van der Waals surface area (Å²) < 4.78 is 6.61. The van der Waals surface area contributed by atoms with Crippen LogP contribution < -0.4 is 5.32 Å². The predicted molar refractivity (Wildman–Crippen MR) is 212 cm³/mol. The van der Waals surface area contributed by atoms with Crippen LogP contribution in [0.2, 0.25) is 0 Å². The third kappa shape index (κ3) is 5.70. The molecule has 53 heavy (non-hydrogen) atoms. The van der Waals surface area contributed by atoms with Gasteiger partial charge in [-0.25, -0.2) is 9.97 Å². The summed E-state index contributed by atoms with van der Waals surface area (Å²) in [5.41, 5.74) is 11.8. The molecule has 0 radical (unpaired) electrons. The van der Waals surface area contributed by atoms with E-state index >= 15 is 0 Å². The number of rotatable bonds is 6. The van der Waals surface area contributed by atoms with Crippen molar-refractivity contribution in [1.82, 2.24) is 25.3 Å². The zero-order chi connectivity index (χ0) is 35.1. The molecule has 5 heterocycles. The van der Waals surface area contributed by atoms with Crippen LogP contribution in [-0.4, -0.2) is 25.6 Å². The van der Waals surface area contributed by atoms with Crippen molar-refractivity contribution < 1.29 is 4.42 Å². The smallest absolute Gasteiger partial charge is 0.180 e. The van der Waals surface area contributed by atoms with E-state index in [0.717, 1.165) is 83.3 Å². The molecule has 10 rings (SSSR count). The molecular formula is C46H30N6O. The molecule has 1 aliphatic rings. The molecule has 0 bridgehead atoms. The third-order valence-electron chi connectivity index (χ3n) is 9.68. The fourth-order valence-corrected chi connectivity index (χ4v) is 7.00. The summed E-state index contributed by atoms with van der Waals surface area (Å²) in [6.45, 7) is 0. The van der Waals surface area contributed by atoms with Gasteiger partial charge in [-0.3, -0.25) is 15.0 Å². The van der Waals surface area contributed by atoms with Crippen molar-refractivity contribution in [2.24, 2.45) is 4.99 Å². The van der Waals surface area contributed by atoms with Crippen LogP contribution in [0.5, 0.6) is 0 Å². The summed E-state index contributed by atoms with van der Waals surface area (Å²) >= 11 is 0. The van der Waals surface area contributed by atoms with Gasteiger partial charge in [-0.2, -0.15) is 0 Å². The number of aliphatic imine (C=N–C) groups is 1. The molecule has 1 aliphatic heterocycles. The average Bonchev–Trinajstić information content (AvgIpc) is 3.60. The van der Waals surface area contributed by atoms with E-state index in [1.807, 2.05) is 48.8 Å². The Kier molecular flexibility index (Phi) is 7.39. The Morgan fingerprint density at radius 2 is 1.25 bits per heavy atom. The molecule has 1 atom stereocenters. The lowest BCUT2D eigenvalue weighted by molar-refractivity contribution is 0.664. The molecule has 250 valence electrons. The van der Waals surface area contributed by atoms with Crippen molar-refractivity contribution in [3.8, 4) is 33.8 Å². The number of pyridine rings is 2. The fraction of sp³-hybridized carbons (Fsp3) is 0.0217. The molecule has 0 aliphatic carbocycles. The Bertz CT molecular complexity index is 2850. The van der Waals surface area contributed by atoms with Gasteiger partial charge in [0.05, 0.1) is 5.71 Å². The van der Waals surface area contributed by atoms with Crippen LogP contribution in [-0.2, 0) is 0 Å². The third-order valence-corrected chi connectivity index (χ3v) is 9.68. The van der Waals surface area contributed by atoms with E-state index in [1.165, 1.54) is 0 Å². The second-order valence-corrected chi connectivity index (χ2v) is 13.0. The van der Waals surface area contributed by atoms with Crippen LogP contribution in [0.4, 0.5) is 0 Å². The van der Waals surface area contributed by atoms with Gasteiger partial charge >= 0.3 is 0 Å². The number of aromatic nitrogens is 4. The predicted octanol–water partition coefficient (Wildman–Crippen LogP) is 10.5. The Hall–Kier alpha value is -7.25. The largest absolute Gasteiger partial charge is 0.452 e. The molecule has 9 aromatic rings. The van der Waals surface area contributed by atoms with Gasteiger partial charge in [0.25, 0.3) is 0 Å². The molecule has 1 N–H and O–H groups in total. The molecule has 0 saturated heterocycles. The van der Waals surface area contributed by atoms with Crippen molar-refractivity contribution >= 4 is 44.3 Å². The highest BCUT2D eigenvalue weighted by molar-refractivity contribution is 6.13. The number of benzene rings is 5. The summed E-state index contributed by atoms with van der Waals surface area (Å²) in [4.78, 5) is 24.2. The maximum atomic E-state index is 6.61. The normalized spacial score (nSPS) is 14.2. The minimum absolute atomic E-state index is 0.328. The van der Waals surface area contributed by atoms with E-state index in [9.17, 15) is 0 Å². The molecule has 1 unspecified atom stereocenters. The van der Waals surface area contributed by atoms with Crippen LogP contribution in [0.15, 0.2) is 180 Å². The van der Waals surface area contributed by atoms with Crippen LogP contribution in [0, 0.1) is 0 Å². The molecule has 0 amide bonds. The zero-order valence-electron chi connectivity index (χ0n) is 28.4. The SMILES string of the molecule is C1=C(c2cccnc2)NC(c2ccc(-c3nc(-c4cccc(-c5ccccc5)c4)c4oc5cc6ccccc6cc5c4n3)cc2)N=C1c1cccnc1. The Morgan fingerprint density at radius 1 is 0.547 bits per heavy atom. The van der Waals surface area contributed by atoms with Crippen LogP contribution in [0.1, 0.15) is 22.9 Å². The van der Waals surface area contributed by atoms with Crippen molar-refractivity contribution in [3.05, 3.63) is 187 Å². The highest BCUT2D eigenvalue weighted by atomic mass is 16.3. The number of hydrogen-bond acceptors (Lipinski definition) is 7. The van der Waals surface area contributed by atoms with Crippen molar-refractivity contribution in [2.45, 2.75) is 6.17 Å². The van der Waals surface area contributed by atoms with Crippen molar-refractivity contribution in [2.75, 3.05) is 0 Å². The molecule has 0 saturated carbocycles. The Balaban J connectivity index is 1.09. The van der Waals surface area contributed by atoms with E-state index in [2.05, 4.69) is 124 Å². The highest BCUT2D eigenvalue weighted by Gasteiger charge is 2.22. The lowest BCUT2D eigenvalue weighted by atomic mass is 10.0. The lowest BCUT2D eigenvalue weighted by Crippen LogP contribution is -2.25. The second kappa shape index (κ2) is 12.8. The van der Waals surface area contributed by atoms with Crippen LogP contribution in [0.25, 0.3) is 72.3 Å². The van der Waals surface area contributed by atoms with Crippen LogP contribution in [0.3, 0.4) is 0 Å². The topological polar surface area (TPSA) is 89.1 Å². The first-order valence-electron chi connectivity index (χ1n) is 17.5. The van der Waals surface area contributed by atoms with E-state index in [0.29, 0.717) is 11.4 Å². The maximum Gasteiger partial charge on any atom is 0.180 e. The minimum Gasteiger partial charge on any atom is -0.452 e. The van der Waals surface area contributed by atoms with Gasteiger partial charge in [0.15, 0.2) is 11.4 Å². The first-order valence-corrected chi connectivity index (χ1v) is 17.5. The summed E-state index contributed by atoms with van der Waals surface area (Å²) in [5.74, 6) is 0.618. The van der Waals surface area contributed by atoms with Crippen molar-refractivity contribution in [3.63, 3.8) is 0 Å². The van der Waals surface area contributed by atoms with Gasteiger partial charge in [-0.15, -0.1) is 0 Å². The molecule has 7 nitrogen and oxygen atoms in total. The quantitative estimate of drug-likeness (QED) is 0.188. The molecule has 0 fully saturated rings. The van der Waals surface area contributed by atoms with Gasteiger partial charge in [-0.05, 0) is 76.0 Å². The number of allylic oxidation sites excluding steroid dienone is 1. The summed E-state index contributed by atoms with van der Waals surface area (Å²) in [6.07, 6.45) is 8.96. The van der Waals surface area contributed by atoms with E-state index < -0.39 is 0 Å². The number of furan rings is 1. The van der Waals surface area contributed by atoms with Gasteiger partial charge in [0.2, 0.25) is 0 Å². The summed E-state index contributed by atoms with van der Waals surface area (Å²) in [7, 11) is 0. The van der Waals surface area contributed by atoms with E-state index in [-0.39, 0.29) is 6.17 Å². The monoisotopic (exact) mass is 682 g/mol. The standard InChI is InChI=1S/C46H30N6O/c1-2-9-29(10-3-1)32-13-6-14-35(23-32)42-44-43(38-24-33-11-4-5-12-34(33)25-41(38)53-44)52-46(51-42)31-19-17-30(18-20-31)45-49-39(36-15-7-21-47-27-36)26-40(50-45)37-16-8-22-48-28-37/h1-28,45,49H. The van der Waals surface area contributed by atoms with Crippen LogP contribution >= 0.6 is 0 Å². The second-order valence-electron chi connectivity index (χ2n) is 13.0. The number of fused-ring (bicyclic) bond motifs is 4. The van der Waals surface area contributed by atoms with Gasteiger partial charge in [-0.1, -0.05) is 97.1 Å². The Labute approximate surface area is 305 Å². The molecule has 0 spiro atoms. The Morgan fingerprint density at radius 3 is 2.02 bits per heavy atom.